The van der Waals surface area contributed by atoms with Crippen LogP contribution in [0.4, 0.5) is 4.39 Å². The van der Waals surface area contributed by atoms with Crippen molar-refractivity contribution in [2.24, 2.45) is 5.73 Å². The van der Waals surface area contributed by atoms with Crippen LogP contribution >= 0.6 is 28.3 Å². The summed E-state index contributed by atoms with van der Waals surface area (Å²) in [6.07, 6.45) is 2.06. The fourth-order valence-corrected chi connectivity index (χ4v) is 2.87. The number of likely N-dealkylation sites (tertiary alicyclic amines) is 1. The van der Waals surface area contributed by atoms with Gasteiger partial charge in [-0.15, -0.1) is 12.4 Å². The second kappa shape index (κ2) is 9.20. The van der Waals surface area contributed by atoms with Crippen molar-refractivity contribution in [3.63, 3.8) is 0 Å². The van der Waals surface area contributed by atoms with E-state index >= 15 is 0 Å². The third-order valence-electron chi connectivity index (χ3n) is 3.61. The molecule has 1 aromatic rings. The van der Waals surface area contributed by atoms with Crippen LogP contribution in [-0.4, -0.2) is 42.4 Å². The van der Waals surface area contributed by atoms with Crippen LogP contribution in [0.1, 0.15) is 29.6 Å². The summed E-state index contributed by atoms with van der Waals surface area (Å²) in [7, 11) is 0. The Bertz CT molecular complexity index is 574. The van der Waals surface area contributed by atoms with Crippen LogP contribution in [0.2, 0.25) is 0 Å². The third kappa shape index (κ3) is 5.75. The van der Waals surface area contributed by atoms with Crippen molar-refractivity contribution < 1.29 is 14.0 Å². The summed E-state index contributed by atoms with van der Waals surface area (Å²) in [6.45, 7) is 1.50. The smallest absolute Gasteiger partial charge is 0.252 e. The molecule has 0 aromatic heterocycles. The first kappa shape index (κ1) is 19.9. The molecule has 0 saturated carbocycles. The fraction of sp³-hybridized carbons (Fsp3) is 0.467. The molecule has 23 heavy (non-hydrogen) atoms. The number of nitrogens with two attached hydrogens (primary N) is 1. The molecule has 2 amide bonds. The van der Waals surface area contributed by atoms with Crippen LogP contribution in [-0.2, 0) is 4.79 Å². The van der Waals surface area contributed by atoms with Gasteiger partial charge in [-0.1, -0.05) is 0 Å². The van der Waals surface area contributed by atoms with E-state index in [1.54, 1.807) is 4.90 Å². The van der Waals surface area contributed by atoms with Gasteiger partial charge in [0, 0.05) is 36.6 Å². The molecule has 8 heteroatoms. The van der Waals surface area contributed by atoms with E-state index in [9.17, 15) is 14.0 Å². The van der Waals surface area contributed by atoms with E-state index in [2.05, 4.69) is 21.2 Å². The van der Waals surface area contributed by atoms with Crippen LogP contribution in [0.3, 0.4) is 0 Å². The van der Waals surface area contributed by atoms with Gasteiger partial charge in [0.15, 0.2) is 0 Å². The van der Waals surface area contributed by atoms with Gasteiger partial charge in [0.25, 0.3) is 5.91 Å². The third-order valence-corrected chi connectivity index (χ3v) is 4.30. The maximum atomic E-state index is 13.2. The van der Waals surface area contributed by atoms with Crippen molar-refractivity contribution in [3.05, 3.63) is 34.1 Å². The maximum Gasteiger partial charge on any atom is 0.252 e. The first-order chi connectivity index (χ1) is 10.5. The molecule has 0 bridgehead atoms. The molecule has 1 heterocycles. The Kier molecular flexibility index (Phi) is 7.94. The Morgan fingerprint density at radius 3 is 2.87 bits per heavy atom. The molecule has 5 nitrogen and oxygen atoms in total. The van der Waals surface area contributed by atoms with Crippen molar-refractivity contribution >= 4 is 40.2 Å². The number of halogens is 3. The lowest BCUT2D eigenvalue weighted by Crippen LogP contribution is -2.46. The van der Waals surface area contributed by atoms with Crippen molar-refractivity contribution in [3.8, 4) is 0 Å². The van der Waals surface area contributed by atoms with Gasteiger partial charge in [-0.25, -0.2) is 4.39 Å². The molecule has 0 aliphatic carbocycles. The minimum atomic E-state index is -0.480. The van der Waals surface area contributed by atoms with Gasteiger partial charge in [-0.05, 0) is 47.0 Å². The Hall–Kier alpha value is -1.18. The molecule has 3 N–H and O–H groups in total. The number of hydrogen-bond acceptors (Lipinski definition) is 3. The lowest BCUT2D eigenvalue weighted by atomic mass is 10.1. The summed E-state index contributed by atoms with van der Waals surface area (Å²) in [5, 5.41) is 2.63. The van der Waals surface area contributed by atoms with Gasteiger partial charge in [0.1, 0.15) is 5.82 Å². The standard InChI is InChI=1S/C15H19BrFN3O2.ClH/c16-13-4-3-10(17)8-12(13)15(22)19-6-5-14(21)20-7-1-2-11(18)9-20;/h3-4,8,11H,1-2,5-7,9,18H2,(H,19,22);1H. The number of nitrogens with one attached hydrogen (secondary N) is 1. The van der Waals surface area contributed by atoms with Gasteiger partial charge < -0.3 is 16.0 Å². The van der Waals surface area contributed by atoms with Gasteiger partial charge in [0.2, 0.25) is 5.91 Å². The van der Waals surface area contributed by atoms with E-state index in [1.165, 1.54) is 12.1 Å². The minimum Gasteiger partial charge on any atom is -0.351 e. The minimum absolute atomic E-state index is 0. The summed E-state index contributed by atoms with van der Waals surface area (Å²) in [5.41, 5.74) is 6.06. The average molecular weight is 409 g/mol. The zero-order chi connectivity index (χ0) is 16.1. The topological polar surface area (TPSA) is 75.4 Å². The van der Waals surface area contributed by atoms with E-state index < -0.39 is 11.7 Å². The molecular weight excluding hydrogens is 389 g/mol. The molecule has 1 atom stereocenters. The van der Waals surface area contributed by atoms with Crippen LogP contribution in [0.15, 0.2) is 22.7 Å². The molecule has 128 valence electrons. The number of carbonyl (C=O) groups is 2. The second-order valence-corrected chi connectivity index (χ2v) is 6.23. The molecule has 1 aliphatic heterocycles. The van der Waals surface area contributed by atoms with Crippen molar-refractivity contribution in [2.45, 2.75) is 25.3 Å². The molecule has 1 aliphatic rings. The highest BCUT2D eigenvalue weighted by atomic mass is 79.9. The van der Waals surface area contributed by atoms with Gasteiger partial charge in [-0.3, -0.25) is 9.59 Å². The molecule has 2 rings (SSSR count). The van der Waals surface area contributed by atoms with E-state index in [0.29, 0.717) is 11.0 Å². The van der Waals surface area contributed by atoms with Crippen molar-refractivity contribution in [1.29, 1.82) is 0 Å². The SMILES string of the molecule is Cl.NC1CCCN(C(=O)CCNC(=O)c2cc(F)ccc2Br)C1. The number of piperidine rings is 1. The maximum absolute atomic E-state index is 13.2. The largest absolute Gasteiger partial charge is 0.351 e. The predicted molar refractivity (Wildman–Crippen MR) is 92.1 cm³/mol. The summed E-state index contributed by atoms with van der Waals surface area (Å²) in [5.74, 6) is -0.907. The number of rotatable bonds is 4. The average Bonchev–Trinajstić information content (AvgIpc) is 2.49. The molecule has 0 spiro atoms. The lowest BCUT2D eigenvalue weighted by Gasteiger charge is -2.30. The van der Waals surface area contributed by atoms with E-state index in [-0.39, 0.29) is 42.9 Å². The lowest BCUT2D eigenvalue weighted by molar-refractivity contribution is -0.132. The molecular formula is C15H20BrClFN3O2. The van der Waals surface area contributed by atoms with E-state index in [0.717, 1.165) is 25.5 Å². The number of nitrogens with zero attached hydrogens (tertiary/aromatic N) is 1. The zero-order valence-electron chi connectivity index (χ0n) is 12.6. The van der Waals surface area contributed by atoms with Gasteiger partial charge in [-0.2, -0.15) is 0 Å². The van der Waals surface area contributed by atoms with Gasteiger partial charge >= 0.3 is 0 Å². The molecule has 0 radical (unpaired) electrons. The fourth-order valence-electron chi connectivity index (χ4n) is 2.44. The number of amides is 2. The molecule has 1 saturated heterocycles. The molecule has 1 fully saturated rings. The summed E-state index contributed by atoms with van der Waals surface area (Å²) < 4.78 is 13.7. The number of hydrogen-bond donors (Lipinski definition) is 2. The highest BCUT2D eigenvalue weighted by Gasteiger charge is 2.21. The summed E-state index contributed by atoms with van der Waals surface area (Å²) in [6, 6.07) is 3.94. The zero-order valence-corrected chi connectivity index (χ0v) is 15.0. The Balaban J connectivity index is 0.00000264. The quantitative estimate of drug-likeness (QED) is 0.801. The predicted octanol–water partition coefficient (Wildman–Crippen LogP) is 2.08. The Morgan fingerprint density at radius 2 is 2.17 bits per heavy atom. The van der Waals surface area contributed by atoms with E-state index in [1.807, 2.05) is 0 Å². The monoisotopic (exact) mass is 407 g/mol. The first-order valence-corrected chi connectivity index (χ1v) is 8.03. The highest BCUT2D eigenvalue weighted by molar-refractivity contribution is 9.10. The van der Waals surface area contributed by atoms with Crippen molar-refractivity contribution in [1.82, 2.24) is 10.2 Å². The second-order valence-electron chi connectivity index (χ2n) is 5.37. The van der Waals surface area contributed by atoms with Crippen LogP contribution in [0.25, 0.3) is 0 Å². The molecule has 1 unspecified atom stereocenters. The normalized spacial score (nSPS) is 17.3. The summed E-state index contributed by atoms with van der Waals surface area (Å²) >= 11 is 3.20. The first-order valence-electron chi connectivity index (χ1n) is 7.24. The molecule has 1 aromatic carbocycles. The van der Waals surface area contributed by atoms with E-state index in [4.69, 9.17) is 5.73 Å². The van der Waals surface area contributed by atoms with Gasteiger partial charge in [0.05, 0.1) is 5.56 Å². The highest BCUT2D eigenvalue weighted by Crippen LogP contribution is 2.17. The Labute approximate surface area is 149 Å². The number of carbonyl (C=O) groups excluding carboxylic acids is 2. The van der Waals surface area contributed by atoms with Crippen LogP contribution in [0.5, 0.6) is 0 Å². The summed E-state index contributed by atoms with van der Waals surface area (Å²) in [4.78, 5) is 25.7. The Morgan fingerprint density at radius 1 is 1.43 bits per heavy atom. The number of benzene rings is 1. The van der Waals surface area contributed by atoms with Crippen molar-refractivity contribution in [2.75, 3.05) is 19.6 Å². The van der Waals surface area contributed by atoms with Crippen LogP contribution in [0, 0.1) is 5.82 Å². The van der Waals surface area contributed by atoms with Crippen LogP contribution < -0.4 is 11.1 Å².